The zero-order chi connectivity index (χ0) is 22.0. The number of carbonyl (C=O) groups excluding carboxylic acids is 2. The summed E-state index contributed by atoms with van der Waals surface area (Å²) < 4.78 is 12.1. The lowest BCUT2D eigenvalue weighted by Gasteiger charge is -2.43. The molecule has 31 heavy (non-hydrogen) atoms. The number of rotatable bonds is 4. The molecule has 0 unspecified atom stereocenters. The van der Waals surface area contributed by atoms with Crippen molar-refractivity contribution in [3.8, 4) is 5.75 Å². The summed E-state index contributed by atoms with van der Waals surface area (Å²) in [4.78, 5) is 31.6. The predicted octanol–water partition coefficient (Wildman–Crippen LogP) is 4.18. The van der Waals surface area contributed by atoms with Gasteiger partial charge in [-0.25, -0.2) is 0 Å². The third-order valence-electron chi connectivity index (χ3n) is 5.78. The van der Waals surface area contributed by atoms with Crippen molar-refractivity contribution < 1.29 is 19.1 Å². The van der Waals surface area contributed by atoms with E-state index >= 15 is 0 Å². The van der Waals surface area contributed by atoms with Crippen molar-refractivity contribution in [2.45, 2.75) is 51.7 Å². The van der Waals surface area contributed by atoms with E-state index in [0.29, 0.717) is 49.4 Å². The van der Waals surface area contributed by atoms with E-state index in [1.807, 2.05) is 62.1 Å². The maximum Gasteiger partial charge on any atom is 0.253 e. The van der Waals surface area contributed by atoms with Crippen LogP contribution in [0.4, 0.5) is 0 Å². The van der Waals surface area contributed by atoms with Crippen LogP contribution in [-0.4, -0.2) is 46.4 Å². The van der Waals surface area contributed by atoms with Crippen LogP contribution in [0.25, 0.3) is 5.76 Å². The van der Waals surface area contributed by atoms with Crippen LogP contribution >= 0.6 is 0 Å². The number of nitrogens with zero attached hydrogens (tertiary/aromatic N) is 2. The minimum atomic E-state index is -0.569. The molecule has 0 bridgehead atoms. The van der Waals surface area contributed by atoms with Crippen molar-refractivity contribution in [2.75, 3.05) is 13.1 Å². The Morgan fingerprint density at radius 2 is 1.97 bits per heavy atom. The van der Waals surface area contributed by atoms with Crippen LogP contribution in [0.3, 0.4) is 0 Å². The molecule has 6 nitrogen and oxygen atoms in total. The minimum Gasteiger partial charge on any atom is -0.491 e. The molecule has 0 N–H and O–H groups in total. The summed E-state index contributed by atoms with van der Waals surface area (Å²) in [6, 6.07) is 11.1. The summed E-state index contributed by atoms with van der Waals surface area (Å²) in [6.07, 6.45) is 4.87. The first-order valence-corrected chi connectivity index (χ1v) is 10.8. The molecule has 1 aromatic heterocycles. The highest BCUT2D eigenvalue weighted by atomic mass is 16.5. The van der Waals surface area contributed by atoms with Crippen molar-refractivity contribution in [3.63, 3.8) is 0 Å². The maximum atomic E-state index is 13.1. The lowest BCUT2D eigenvalue weighted by atomic mass is 9.84. The number of carbonyl (C=O) groups is 2. The highest BCUT2D eigenvalue weighted by Gasteiger charge is 2.42. The van der Waals surface area contributed by atoms with Gasteiger partial charge in [0.05, 0.1) is 12.5 Å². The normalized spacial score (nSPS) is 18.0. The maximum absolute atomic E-state index is 13.1. The number of aryl methyl sites for hydroxylation is 1. The molecule has 3 heterocycles. The van der Waals surface area contributed by atoms with Crippen molar-refractivity contribution in [2.24, 2.45) is 0 Å². The molecule has 1 saturated heterocycles. The first-order valence-electron chi connectivity index (χ1n) is 10.8. The second-order valence-electron chi connectivity index (χ2n) is 8.59. The number of hydrogen-bond donors (Lipinski definition) is 0. The summed E-state index contributed by atoms with van der Waals surface area (Å²) in [5.74, 6) is 1.36. The predicted molar refractivity (Wildman–Crippen MR) is 118 cm³/mol. The average Bonchev–Trinajstić information content (AvgIpc) is 2.75. The molecular formula is C25H28N2O4. The highest BCUT2D eigenvalue weighted by Crippen LogP contribution is 2.38. The van der Waals surface area contributed by atoms with Gasteiger partial charge in [-0.3, -0.25) is 14.6 Å². The molecule has 1 fully saturated rings. The van der Waals surface area contributed by atoms with Crippen LogP contribution in [-0.2, 0) is 9.53 Å². The van der Waals surface area contributed by atoms with Gasteiger partial charge in [-0.1, -0.05) is 6.07 Å². The largest absolute Gasteiger partial charge is 0.491 e. The molecule has 2 aromatic rings. The van der Waals surface area contributed by atoms with Crippen molar-refractivity contribution in [1.82, 2.24) is 9.88 Å². The zero-order valence-corrected chi connectivity index (χ0v) is 18.3. The molecule has 162 valence electrons. The molecule has 1 amide bonds. The molecule has 6 heteroatoms. The average molecular weight is 421 g/mol. The monoisotopic (exact) mass is 420 g/mol. The van der Waals surface area contributed by atoms with Crippen LogP contribution in [0.2, 0.25) is 0 Å². The molecule has 0 radical (unpaired) electrons. The van der Waals surface area contributed by atoms with E-state index in [0.717, 1.165) is 11.3 Å². The number of amides is 1. The number of ether oxygens (including phenoxy) is 2. The summed E-state index contributed by atoms with van der Waals surface area (Å²) >= 11 is 0. The molecule has 0 atom stereocenters. The van der Waals surface area contributed by atoms with E-state index in [9.17, 15) is 9.59 Å². The second-order valence-corrected chi connectivity index (χ2v) is 8.59. The number of piperidine rings is 1. The third kappa shape index (κ3) is 4.63. The molecule has 2 aliphatic heterocycles. The van der Waals surface area contributed by atoms with Gasteiger partial charge in [0, 0.05) is 43.8 Å². The molecule has 2 aliphatic rings. The Labute approximate surface area is 182 Å². The van der Waals surface area contributed by atoms with Gasteiger partial charge in [-0.2, -0.15) is 0 Å². The minimum absolute atomic E-state index is 0.00308. The Balaban J connectivity index is 1.44. The van der Waals surface area contributed by atoms with Gasteiger partial charge in [0.2, 0.25) is 0 Å². The van der Waals surface area contributed by atoms with Crippen LogP contribution in [0.15, 0.2) is 48.7 Å². The molecule has 4 rings (SSSR count). The summed E-state index contributed by atoms with van der Waals surface area (Å²) in [7, 11) is 0. The van der Waals surface area contributed by atoms with Gasteiger partial charge in [-0.15, -0.1) is 0 Å². The van der Waals surface area contributed by atoms with E-state index in [-0.39, 0.29) is 17.8 Å². The Bertz CT molecular complexity index is 1010. The Kier molecular flexibility index (Phi) is 5.81. The van der Waals surface area contributed by atoms with Crippen LogP contribution in [0.1, 0.15) is 54.7 Å². The van der Waals surface area contributed by atoms with Crippen molar-refractivity contribution in [3.05, 3.63) is 65.5 Å². The van der Waals surface area contributed by atoms with E-state index in [2.05, 4.69) is 4.98 Å². The van der Waals surface area contributed by atoms with E-state index in [4.69, 9.17) is 9.47 Å². The van der Waals surface area contributed by atoms with Gasteiger partial charge in [-0.05, 0) is 56.7 Å². The lowest BCUT2D eigenvalue weighted by molar-refractivity contribution is -0.123. The number of allylic oxidation sites excluding steroid dienone is 1. The fraction of sp³-hybridized carbons (Fsp3) is 0.400. The second kappa shape index (κ2) is 8.53. The van der Waals surface area contributed by atoms with Gasteiger partial charge in [0.25, 0.3) is 5.91 Å². The van der Waals surface area contributed by atoms with Gasteiger partial charge < -0.3 is 14.4 Å². The van der Waals surface area contributed by atoms with Gasteiger partial charge in [0.1, 0.15) is 22.8 Å². The van der Waals surface area contributed by atoms with Crippen LogP contribution in [0, 0.1) is 6.92 Å². The molecule has 1 spiro atoms. The fourth-order valence-corrected chi connectivity index (χ4v) is 4.20. The fourth-order valence-electron chi connectivity index (χ4n) is 4.20. The number of hydrogen-bond acceptors (Lipinski definition) is 5. The summed E-state index contributed by atoms with van der Waals surface area (Å²) in [5.41, 5.74) is 1.69. The SMILES string of the molecule is Cc1cc(C(=O)N2CCC3(CC2)CC(=O)C=C(c2ccccn2)O3)ccc1OC(C)C. The molecule has 1 aromatic carbocycles. The number of likely N-dealkylation sites (tertiary alicyclic amines) is 1. The molecule has 0 saturated carbocycles. The Morgan fingerprint density at radius 1 is 1.19 bits per heavy atom. The summed E-state index contributed by atoms with van der Waals surface area (Å²) in [5, 5.41) is 0. The Morgan fingerprint density at radius 3 is 2.61 bits per heavy atom. The number of pyridine rings is 1. The van der Waals surface area contributed by atoms with Gasteiger partial charge >= 0.3 is 0 Å². The Hall–Kier alpha value is -3.15. The lowest BCUT2D eigenvalue weighted by Crippen LogP contribution is -2.49. The smallest absolute Gasteiger partial charge is 0.253 e. The molecule has 0 aliphatic carbocycles. The van der Waals surface area contributed by atoms with Crippen molar-refractivity contribution >= 4 is 17.4 Å². The zero-order valence-electron chi connectivity index (χ0n) is 18.3. The van der Waals surface area contributed by atoms with Crippen LogP contribution in [0.5, 0.6) is 5.75 Å². The van der Waals surface area contributed by atoms with Crippen LogP contribution < -0.4 is 4.74 Å². The topological polar surface area (TPSA) is 68.7 Å². The summed E-state index contributed by atoms with van der Waals surface area (Å²) in [6.45, 7) is 7.01. The van der Waals surface area contributed by atoms with E-state index in [1.165, 1.54) is 6.08 Å². The van der Waals surface area contributed by atoms with Crippen molar-refractivity contribution in [1.29, 1.82) is 0 Å². The quantitative estimate of drug-likeness (QED) is 0.742. The standard InChI is InChI=1S/C25H28N2O4/c1-17(2)30-22-8-7-19(14-18(22)3)24(29)27-12-9-25(10-13-27)16-20(28)15-23(31-25)21-6-4-5-11-26-21/h4-8,11,14-15,17H,9-10,12-13,16H2,1-3H3. The first kappa shape index (κ1) is 21.1. The third-order valence-corrected chi connectivity index (χ3v) is 5.78. The number of aromatic nitrogens is 1. The molecular weight excluding hydrogens is 392 g/mol. The van der Waals surface area contributed by atoms with E-state index in [1.54, 1.807) is 6.20 Å². The first-order chi connectivity index (χ1) is 14.8. The van der Waals surface area contributed by atoms with E-state index < -0.39 is 5.60 Å². The van der Waals surface area contributed by atoms with Gasteiger partial charge in [0.15, 0.2) is 5.78 Å². The highest BCUT2D eigenvalue weighted by molar-refractivity contribution is 5.97. The number of ketones is 1. The number of benzene rings is 1.